The number of rotatable bonds is 2. The Bertz CT molecular complexity index is 602. The van der Waals surface area contributed by atoms with Gasteiger partial charge in [-0.05, 0) is 30.3 Å². The lowest BCUT2D eigenvalue weighted by atomic mass is 10.2. The third kappa shape index (κ3) is 2.38. The molecule has 1 aromatic heterocycles. The Morgan fingerprint density at radius 3 is 2.95 bits per heavy atom. The number of furan rings is 1. The summed E-state index contributed by atoms with van der Waals surface area (Å²) in [5, 5.41) is 0. The molecular weight excluding hydrogens is 242 g/mol. The van der Waals surface area contributed by atoms with Gasteiger partial charge >= 0.3 is 0 Å². The van der Waals surface area contributed by atoms with Crippen LogP contribution in [0, 0.1) is 0 Å². The van der Waals surface area contributed by atoms with Crippen molar-refractivity contribution < 1.29 is 13.9 Å². The summed E-state index contributed by atoms with van der Waals surface area (Å²) in [7, 11) is 0. The molecule has 2 aromatic rings. The van der Waals surface area contributed by atoms with Crippen molar-refractivity contribution in [1.29, 1.82) is 0 Å². The van der Waals surface area contributed by atoms with E-state index in [2.05, 4.69) is 0 Å². The van der Waals surface area contributed by atoms with E-state index < -0.39 is 0 Å². The Kier molecular flexibility index (Phi) is 3.06. The number of benzene rings is 1. The minimum absolute atomic E-state index is 0.0767. The quantitative estimate of drug-likeness (QED) is 0.775. The number of carbonyl (C=O) groups is 1. The molecule has 1 aromatic carbocycles. The minimum atomic E-state index is -0.0767. The van der Waals surface area contributed by atoms with Gasteiger partial charge in [0.05, 0.1) is 18.5 Å². The zero-order chi connectivity index (χ0) is 13.1. The van der Waals surface area contributed by atoms with Crippen LogP contribution < -0.4 is 9.64 Å². The highest BCUT2D eigenvalue weighted by Gasteiger charge is 2.21. The van der Waals surface area contributed by atoms with Gasteiger partial charge in [0.15, 0.2) is 0 Å². The molecule has 1 aliphatic heterocycles. The lowest BCUT2D eigenvalue weighted by molar-refractivity contribution is -0.114. The SMILES string of the molecule is O=C(C=Cc1ccco1)N1CCOc2ccccc21. The molecule has 0 aliphatic carbocycles. The summed E-state index contributed by atoms with van der Waals surface area (Å²) < 4.78 is 10.7. The fourth-order valence-corrected chi connectivity index (χ4v) is 2.03. The third-order valence-electron chi connectivity index (χ3n) is 2.93. The number of para-hydroxylation sites is 2. The van der Waals surface area contributed by atoms with Crippen LogP contribution in [-0.2, 0) is 4.79 Å². The van der Waals surface area contributed by atoms with E-state index >= 15 is 0 Å². The molecule has 19 heavy (non-hydrogen) atoms. The van der Waals surface area contributed by atoms with E-state index in [4.69, 9.17) is 9.15 Å². The summed E-state index contributed by atoms with van der Waals surface area (Å²) in [6.45, 7) is 1.07. The summed E-state index contributed by atoms with van der Waals surface area (Å²) in [5.74, 6) is 1.33. The lowest BCUT2D eigenvalue weighted by Gasteiger charge is -2.28. The topological polar surface area (TPSA) is 42.7 Å². The molecule has 0 atom stereocenters. The van der Waals surface area contributed by atoms with Crippen LogP contribution in [0.25, 0.3) is 6.08 Å². The van der Waals surface area contributed by atoms with Crippen LogP contribution in [0.4, 0.5) is 5.69 Å². The van der Waals surface area contributed by atoms with E-state index in [1.165, 1.54) is 6.08 Å². The summed E-state index contributed by atoms with van der Waals surface area (Å²) in [6, 6.07) is 11.1. The molecule has 0 N–H and O–H groups in total. The van der Waals surface area contributed by atoms with Crippen molar-refractivity contribution in [3.63, 3.8) is 0 Å². The number of fused-ring (bicyclic) bond motifs is 1. The largest absolute Gasteiger partial charge is 0.490 e. The maximum atomic E-state index is 12.2. The third-order valence-corrected chi connectivity index (χ3v) is 2.93. The molecule has 0 saturated heterocycles. The highest BCUT2D eigenvalue weighted by atomic mass is 16.5. The van der Waals surface area contributed by atoms with Crippen LogP contribution >= 0.6 is 0 Å². The monoisotopic (exact) mass is 255 g/mol. The second-order valence-electron chi connectivity index (χ2n) is 4.15. The molecule has 0 bridgehead atoms. The van der Waals surface area contributed by atoms with Crippen molar-refractivity contribution in [3.05, 3.63) is 54.5 Å². The van der Waals surface area contributed by atoms with Crippen molar-refractivity contribution in [2.75, 3.05) is 18.1 Å². The standard InChI is InChI=1S/C15H13NO3/c17-15(8-7-12-4-3-10-18-12)16-9-11-19-14-6-2-1-5-13(14)16/h1-8,10H,9,11H2. The van der Waals surface area contributed by atoms with Gasteiger partial charge in [0.25, 0.3) is 5.91 Å². The average Bonchev–Trinajstić information content (AvgIpc) is 2.97. The Labute approximate surface area is 110 Å². The Morgan fingerprint density at radius 1 is 1.21 bits per heavy atom. The zero-order valence-electron chi connectivity index (χ0n) is 10.3. The summed E-state index contributed by atoms with van der Waals surface area (Å²) in [4.78, 5) is 13.9. The van der Waals surface area contributed by atoms with Gasteiger partial charge in [-0.25, -0.2) is 0 Å². The van der Waals surface area contributed by atoms with Crippen molar-refractivity contribution in [2.24, 2.45) is 0 Å². The molecule has 3 rings (SSSR count). The number of anilines is 1. The first kappa shape index (κ1) is 11.6. The molecule has 0 saturated carbocycles. The number of hydrogen-bond acceptors (Lipinski definition) is 3. The van der Waals surface area contributed by atoms with Crippen molar-refractivity contribution in [3.8, 4) is 5.75 Å². The van der Waals surface area contributed by atoms with Gasteiger partial charge in [0.2, 0.25) is 0 Å². The van der Waals surface area contributed by atoms with E-state index in [0.717, 1.165) is 11.4 Å². The number of ether oxygens (including phenoxy) is 1. The molecule has 0 unspecified atom stereocenters. The Morgan fingerprint density at radius 2 is 2.11 bits per heavy atom. The summed E-state index contributed by atoms with van der Waals surface area (Å²) in [6.07, 6.45) is 4.76. The average molecular weight is 255 g/mol. The molecular formula is C15H13NO3. The highest BCUT2D eigenvalue weighted by Crippen LogP contribution is 2.31. The Hall–Kier alpha value is -2.49. The van der Waals surface area contributed by atoms with Crippen LogP contribution in [0.2, 0.25) is 0 Å². The predicted octanol–water partition coefficient (Wildman–Crippen LogP) is 2.72. The molecule has 4 heteroatoms. The second kappa shape index (κ2) is 5.02. The van der Waals surface area contributed by atoms with Gasteiger partial charge in [0, 0.05) is 6.08 Å². The van der Waals surface area contributed by atoms with E-state index in [9.17, 15) is 4.79 Å². The fourth-order valence-electron chi connectivity index (χ4n) is 2.03. The predicted molar refractivity (Wildman–Crippen MR) is 72.0 cm³/mol. The maximum Gasteiger partial charge on any atom is 0.251 e. The second-order valence-corrected chi connectivity index (χ2v) is 4.15. The fraction of sp³-hybridized carbons (Fsp3) is 0.133. The van der Waals surface area contributed by atoms with Crippen molar-refractivity contribution in [1.82, 2.24) is 0 Å². The molecule has 4 nitrogen and oxygen atoms in total. The van der Waals surface area contributed by atoms with Gasteiger partial charge in [-0.2, -0.15) is 0 Å². The van der Waals surface area contributed by atoms with Gasteiger partial charge < -0.3 is 14.1 Å². The molecule has 1 amide bonds. The van der Waals surface area contributed by atoms with Crippen molar-refractivity contribution >= 4 is 17.7 Å². The minimum Gasteiger partial charge on any atom is -0.490 e. The summed E-state index contributed by atoms with van der Waals surface area (Å²) >= 11 is 0. The highest BCUT2D eigenvalue weighted by molar-refractivity contribution is 6.04. The molecule has 0 radical (unpaired) electrons. The number of hydrogen-bond donors (Lipinski definition) is 0. The summed E-state index contributed by atoms with van der Waals surface area (Å²) in [5.41, 5.74) is 0.808. The van der Waals surface area contributed by atoms with E-state index in [-0.39, 0.29) is 5.91 Å². The number of nitrogens with zero attached hydrogens (tertiary/aromatic N) is 1. The van der Waals surface area contributed by atoms with Crippen LogP contribution in [0.1, 0.15) is 5.76 Å². The van der Waals surface area contributed by atoms with Crippen LogP contribution in [0.3, 0.4) is 0 Å². The molecule has 96 valence electrons. The van der Waals surface area contributed by atoms with Crippen LogP contribution in [0.5, 0.6) is 5.75 Å². The van der Waals surface area contributed by atoms with E-state index in [1.54, 1.807) is 29.4 Å². The smallest absolute Gasteiger partial charge is 0.251 e. The van der Waals surface area contributed by atoms with Crippen LogP contribution in [0.15, 0.2) is 53.2 Å². The van der Waals surface area contributed by atoms with Gasteiger partial charge in [-0.15, -0.1) is 0 Å². The van der Waals surface area contributed by atoms with Gasteiger partial charge in [-0.1, -0.05) is 12.1 Å². The number of carbonyl (C=O) groups excluding carboxylic acids is 1. The lowest BCUT2D eigenvalue weighted by Crippen LogP contribution is -2.36. The van der Waals surface area contributed by atoms with Crippen LogP contribution in [-0.4, -0.2) is 19.1 Å². The van der Waals surface area contributed by atoms with E-state index in [1.807, 2.05) is 24.3 Å². The molecule has 0 spiro atoms. The first-order valence-corrected chi connectivity index (χ1v) is 6.09. The first-order valence-electron chi connectivity index (χ1n) is 6.09. The maximum absolute atomic E-state index is 12.2. The van der Waals surface area contributed by atoms with Gasteiger partial charge in [0.1, 0.15) is 18.1 Å². The normalized spacial score (nSPS) is 14.2. The first-order chi connectivity index (χ1) is 9.34. The molecule has 0 fully saturated rings. The van der Waals surface area contributed by atoms with E-state index in [0.29, 0.717) is 18.9 Å². The molecule has 2 heterocycles. The molecule has 1 aliphatic rings. The Balaban J connectivity index is 1.81. The van der Waals surface area contributed by atoms with Gasteiger partial charge in [-0.3, -0.25) is 4.79 Å². The van der Waals surface area contributed by atoms with Crippen molar-refractivity contribution in [2.45, 2.75) is 0 Å². The number of amides is 1. The zero-order valence-corrected chi connectivity index (χ0v) is 10.3.